The smallest absolute Gasteiger partial charge is 0.295 e. The largest absolute Gasteiger partial charge is 0.507 e. The summed E-state index contributed by atoms with van der Waals surface area (Å²) in [6, 6.07) is 17.4. The third kappa shape index (κ3) is 2.63. The predicted molar refractivity (Wildman–Crippen MR) is 92.1 cm³/mol. The summed E-state index contributed by atoms with van der Waals surface area (Å²) < 4.78 is 0. The highest BCUT2D eigenvalue weighted by Gasteiger charge is 2.45. The number of carbonyl (C=O) groups is 2. The van der Waals surface area contributed by atoms with Gasteiger partial charge >= 0.3 is 0 Å². The van der Waals surface area contributed by atoms with Crippen LogP contribution in [0, 0.1) is 0 Å². The molecule has 24 heavy (non-hydrogen) atoms. The third-order valence-electron chi connectivity index (χ3n) is 4.03. The van der Waals surface area contributed by atoms with Crippen molar-refractivity contribution in [3.63, 3.8) is 0 Å². The van der Waals surface area contributed by atoms with E-state index in [-0.39, 0.29) is 17.9 Å². The first kappa shape index (κ1) is 15.7. The Kier molecular flexibility index (Phi) is 4.29. The van der Waals surface area contributed by atoms with E-state index in [0.717, 1.165) is 5.56 Å². The molecule has 1 saturated heterocycles. The van der Waals surface area contributed by atoms with Crippen molar-refractivity contribution in [2.75, 3.05) is 6.54 Å². The molecule has 0 unspecified atom stereocenters. The summed E-state index contributed by atoms with van der Waals surface area (Å²) in [6.07, 6.45) is 1.57. The summed E-state index contributed by atoms with van der Waals surface area (Å²) in [5.41, 5.74) is 1.39. The summed E-state index contributed by atoms with van der Waals surface area (Å²) in [4.78, 5) is 26.4. The molecule has 0 bridgehead atoms. The van der Waals surface area contributed by atoms with Crippen LogP contribution in [0.2, 0.25) is 0 Å². The molecule has 0 spiro atoms. The number of hydrogen-bond acceptors (Lipinski definition) is 3. The molecule has 1 fully saturated rings. The molecule has 0 aromatic heterocycles. The van der Waals surface area contributed by atoms with Crippen molar-refractivity contribution in [2.24, 2.45) is 0 Å². The number of aliphatic hydroxyl groups is 1. The number of amides is 1. The van der Waals surface area contributed by atoms with Crippen LogP contribution < -0.4 is 0 Å². The van der Waals surface area contributed by atoms with E-state index < -0.39 is 17.7 Å². The van der Waals surface area contributed by atoms with E-state index in [9.17, 15) is 14.7 Å². The number of Topliss-reactive ketones (excluding diaryl/α,β-unsaturated/α-hetero) is 1. The molecule has 1 N–H and O–H groups in total. The minimum atomic E-state index is -0.674. The van der Waals surface area contributed by atoms with E-state index in [0.29, 0.717) is 5.56 Å². The van der Waals surface area contributed by atoms with Crippen molar-refractivity contribution in [1.29, 1.82) is 0 Å². The Morgan fingerprint density at radius 1 is 1.04 bits per heavy atom. The van der Waals surface area contributed by atoms with Gasteiger partial charge in [0, 0.05) is 12.1 Å². The van der Waals surface area contributed by atoms with Gasteiger partial charge in [0.05, 0.1) is 11.6 Å². The Labute approximate surface area is 140 Å². The lowest BCUT2D eigenvalue weighted by Crippen LogP contribution is -2.29. The minimum Gasteiger partial charge on any atom is -0.507 e. The van der Waals surface area contributed by atoms with Crippen molar-refractivity contribution in [3.05, 3.63) is 90.0 Å². The first-order valence-corrected chi connectivity index (χ1v) is 7.65. The lowest BCUT2D eigenvalue weighted by atomic mass is 9.95. The number of nitrogens with zero attached hydrogens (tertiary/aromatic N) is 1. The van der Waals surface area contributed by atoms with Gasteiger partial charge in [-0.15, -0.1) is 6.58 Å². The quantitative estimate of drug-likeness (QED) is 0.407. The Morgan fingerprint density at radius 2 is 1.62 bits per heavy atom. The van der Waals surface area contributed by atoms with E-state index >= 15 is 0 Å². The molecule has 3 rings (SSSR count). The van der Waals surface area contributed by atoms with Gasteiger partial charge in [0.25, 0.3) is 11.7 Å². The van der Waals surface area contributed by atoms with Crippen LogP contribution >= 0.6 is 0 Å². The molecule has 120 valence electrons. The summed E-state index contributed by atoms with van der Waals surface area (Å²) >= 11 is 0. The third-order valence-corrected chi connectivity index (χ3v) is 4.03. The molecule has 0 saturated carbocycles. The molecule has 4 heteroatoms. The van der Waals surface area contributed by atoms with Crippen LogP contribution in [-0.2, 0) is 9.59 Å². The normalized spacial score (nSPS) is 19.5. The Bertz CT molecular complexity index is 809. The van der Waals surface area contributed by atoms with Crippen LogP contribution in [0.25, 0.3) is 5.76 Å². The van der Waals surface area contributed by atoms with Crippen molar-refractivity contribution in [2.45, 2.75) is 6.04 Å². The first-order chi connectivity index (χ1) is 11.6. The van der Waals surface area contributed by atoms with Gasteiger partial charge in [-0.05, 0) is 5.56 Å². The molecule has 1 aliphatic rings. The van der Waals surface area contributed by atoms with Crippen molar-refractivity contribution in [3.8, 4) is 0 Å². The highest BCUT2D eigenvalue weighted by Crippen LogP contribution is 2.38. The van der Waals surface area contributed by atoms with Crippen molar-refractivity contribution < 1.29 is 14.7 Å². The molecular weight excluding hydrogens is 302 g/mol. The molecule has 2 aromatic carbocycles. The molecule has 1 amide bonds. The molecule has 0 aliphatic carbocycles. The van der Waals surface area contributed by atoms with E-state index in [1.807, 2.05) is 36.4 Å². The maximum atomic E-state index is 12.5. The van der Waals surface area contributed by atoms with Gasteiger partial charge in [0.15, 0.2) is 0 Å². The average molecular weight is 319 g/mol. The molecule has 0 radical (unpaired) electrons. The van der Waals surface area contributed by atoms with Gasteiger partial charge in [-0.2, -0.15) is 0 Å². The number of rotatable bonds is 4. The predicted octanol–water partition coefficient (Wildman–Crippen LogP) is 3.29. The molecule has 1 atom stereocenters. The summed E-state index contributed by atoms with van der Waals surface area (Å²) in [7, 11) is 0. The summed E-state index contributed by atoms with van der Waals surface area (Å²) in [5.74, 6) is -1.46. The van der Waals surface area contributed by atoms with E-state index in [1.165, 1.54) is 4.90 Å². The second-order valence-corrected chi connectivity index (χ2v) is 5.52. The fourth-order valence-corrected chi connectivity index (χ4v) is 2.94. The molecule has 2 aromatic rings. The van der Waals surface area contributed by atoms with Crippen LogP contribution in [0.15, 0.2) is 78.9 Å². The Hall–Kier alpha value is -3.14. The van der Waals surface area contributed by atoms with Crippen molar-refractivity contribution in [1.82, 2.24) is 4.90 Å². The number of hydrogen-bond donors (Lipinski definition) is 1. The van der Waals surface area contributed by atoms with Crippen LogP contribution in [0.5, 0.6) is 0 Å². The standard InChI is InChI=1S/C20H17NO3/c1-2-13-21-17(14-9-5-3-6-10-14)16(19(23)20(21)24)18(22)15-11-7-4-8-12-15/h2-12,17,22H,1,13H2/b18-16+/t17-/m0/s1. The van der Waals surface area contributed by atoms with E-state index in [1.54, 1.807) is 30.3 Å². The monoisotopic (exact) mass is 319 g/mol. The van der Waals surface area contributed by atoms with Gasteiger partial charge < -0.3 is 10.0 Å². The van der Waals surface area contributed by atoms with Gasteiger partial charge in [-0.3, -0.25) is 9.59 Å². The molecule has 1 aliphatic heterocycles. The highest BCUT2D eigenvalue weighted by atomic mass is 16.3. The van der Waals surface area contributed by atoms with Crippen molar-refractivity contribution >= 4 is 17.4 Å². The molecule has 4 nitrogen and oxygen atoms in total. The zero-order valence-electron chi connectivity index (χ0n) is 13.1. The zero-order chi connectivity index (χ0) is 17.1. The summed E-state index contributed by atoms with van der Waals surface area (Å²) in [5, 5.41) is 10.7. The second-order valence-electron chi connectivity index (χ2n) is 5.52. The lowest BCUT2D eigenvalue weighted by Gasteiger charge is -2.24. The number of aliphatic hydroxyl groups excluding tert-OH is 1. The average Bonchev–Trinajstić information content (AvgIpc) is 2.88. The van der Waals surface area contributed by atoms with E-state index in [2.05, 4.69) is 6.58 Å². The van der Waals surface area contributed by atoms with Crippen LogP contribution in [-0.4, -0.2) is 28.2 Å². The number of ketones is 1. The Morgan fingerprint density at radius 3 is 2.21 bits per heavy atom. The summed E-state index contributed by atoms with van der Waals surface area (Å²) in [6.45, 7) is 3.89. The fourth-order valence-electron chi connectivity index (χ4n) is 2.94. The topological polar surface area (TPSA) is 57.6 Å². The highest BCUT2D eigenvalue weighted by molar-refractivity contribution is 6.46. The zero-order valence-corrected chi connectivity index (χ0v) is 13.1. The van der Waals surface area contributed by atoms with E-state index in [4.69, 9.17) is 0 Å². The van der Waals surface area contributed by atoms with Gasteiger partial charge in [-0.25, -0.2) is 0 Å². The Balaban J connectivity index is 2.20. The number of carbonyl (C=O) groups excluding carboxylic acids is 2. The maximum absolute atomic E-state index is 12.5. The fraction of sp³-hybridized carbons (Fsp3) is 0.100. The second kappa shape index (κ2) is 6.54. The van der Waals surface area contributed by atoms with Crippen LogP contribution in [0.3, 0.4) is 0 Å². The van der Waals surface area contributed by atoms with Gasteiger partial charge in [-0.1, -0.05) is 66.7 Å². The van der Waals surface area contributed by atoms with Gasteiger partial charge in [0.1, 0.15) is 5.76 Å². The first-order valence-electron chi connectivity index (χ1n) is 7.65. The van der Waals surface area contributed by atoms with Gasteiger partial charge in [0.2, 0.25) is 0 Å². The molecule has 1 heterocycles. The maximum Gasteiger partial charge on any atom is 0.295 e. The van der Waals surface area contributed by atoms with Crippen LogP contribution in [0.4, 0.5) is 0 Å². The minimum absolute atomic E-state index is 0.110. The number of benzene rings is 2. The SMILES string of the molecule is C=CCN1C(=O)C(=O)/C(=C(/O)c2ccccc2)[C@@H]1c1ccccc1. The molecular formula is C20H17NO3. The number of likely N-dealkylation sites (tertiary alicyclic amines) is 1. The van der Waals surface area contributed by atoms with Crippen LogP contribution in [0.1, 0.15) is 17.2 Å². The lowest BCUT2D eigenvalue weighted by molar-refractivity contribution is -0.139.